The molecule has 0 radical (unpaired) electrons. The molecule has 1 amide bonds. The van der Waals surface area contributed by atoms with Gasteiger partial charge in [-0.3, -0.25) is 9.48 Å². The van der Waals surface area contributed by atoms with Gasteiger partial charge in [-0.15, -0.1) is 5.10 Å². The van der Waals surface area contributed by atoms with Crippen LogP contribution in [-0.4, -0.2) is 41.9 Å². The predicted molar refractivity (Wildman–Crippen MR) is 114 cm³/mol. The van der Waals surface area contributed by atoms with Gasteiger partial charge in [-0.2, -0.15) is 18.3 Å². The SMILES string of the molecule is Cc1cc(NC(=O)C2CC(C)(c3cnn(C)c3)c3c2cnc2cc(F)nn32)cnc1OC(F)F. The first-order valence-corrected chi connectivity index (χ1v) is 10.4. The van der Waals surface area contributed by atoms with E-state index >= 15 is 0 Å². The Morgan fingerprint density at radius 2 is 2.06 bits per heavy atom. The minimum Gasteiger partial charge on any atom is -0.417 e. The van der Waals surface area contributed by atoms with Crippen molar-refractivity contribution in [3.05, 3.63) is 65.3 Å². The molecular weight excluding hydrogens is 451 g/mol. The van der Waals surface area contributed by atoms with Gasteiger partial charge in [-0.05, 0) is 26.3 Å². The van der Waals surface area contributed by atoms with Crippen LogP contribution >= 0.6 is 0 Å². The molecule has 1 aliphatic rings. The van der Waals surface area contributed by atoms with Gasteiger partial charge in [0, 0.05) is 47.6 Å². The maximum Gasteiger partial charge on any atom is 0.388 e. The summed E-state index contributed by atoms with van der Waals surface area (Å²) in [6, 6.07) is 2.73. The summed E-state index contributed by atoms with van der Waals surface area (Å²) in [6.07, 6.45) is 6.75. The molecular formula is C22H20F3N7O2. The molecule has 1 aliphatic carbocycles. The molecule has 5 rings (SSSR count). The van der Waals surface area contributed by atoms with E-state index in [4.69, 9.17) is 0 Å². The Morgan fingerprint density at radius 3 is 2.74 bits per heavy atom. The Kier molecular flexibility index (Phi) is 5.03. The molecule has 0 aromatic carbocycles. The number of nitrogens with zero attached hydrogens (tertiary/aromatic N) is 6. The summed E-state index contributed by atoms with van der Waals surface area (Å²) in [7, 11) is 1.79. The van der Waals surface area contributed by atoms with Crippen molar-refractivity contribution in [2.24, 2.45) is 7.05 Å². The lowest BCUT2D eigenvalue weighted by molar-refractivity contribution is -0.117. The monoisotopic (exact) mass is 471 g/mol. The second-order valence-corrected chi connectivity index (χ2v) is 8.50. The van der Waals surface area contributed by atoms with Crippen molar-refractivity contribution >= 4 is 17.2 Å². The van der Waals surface area contributed by atoms with Gasteiger partial charge in [0.2, 0.25) is 17.7 Å². The topological polar surface area (TPSA) is 99.2 Å². The van der Waals surface area contributed by atoms with E-state index in [1.165, 1.54) is 22.8 Å². The van der Waals surface area contributed by atoms with Gasteiger partial charge in [-0.25, -0.2) is 14.5 Å². The molecule has 12 heteroatoms. The average Bonchev–Trinajstić information content (AvgIpc) is 3.45. The number of carbonyl (C=O) groups is 1. The standard InChI is InChI=1S/C22H20F3N7O2/c1-11-4-13(8-27-20(11)34-21(24)25)29-19(33)14-6-22(2,12-7-28-31(3)10-12)18-15(14)9-26-17-5-16(23)30-32(17)18/h4-5,7-10,14,21H,6H2,1-3H3,(H,29,33). The van der Waals surface area contributed by atoms with Gasteiger partial charge in [0.1, 0.15) is 0 Å². The van der Waals surface area contributed by atoms with Gasteiger partial charge in [0.25, 0.3) is 0 Å². The van der Waals surface area contributed by atoms with Crippen LogP contribution in [0.25, 0.3) is 5.65 Å². The summed E-state index contributed by atoms with van der Waals surface area (Å²) in [5.41, 5.74) is 2.43. The van der Waals surface area contributed by atoms with Gasteiger partial charge in [-0.1, -0.05) is 0 Å². The molecule has 4 heterocycles. The van der Waals surface area contributed by atoms with E-state index in [0.29, 0.717) is 34.6 Å². The number of amides is 1. The number of pyridine rings is 1. The highest BCUT2D eigenvalue weighted by atomic mass is 19.3. The van der Waals surface area contributed by atoms with E-state index < -0.39 is 23.9 Å². The van der Waals surface area contributed by atoms with E-state index in [9.17, 15) is 18.0 Å². The fraction of sp³-hybridized carbons (Fsp3) is 0.318. The van der Waals surface area contributed by atoms with Crippen LogP contribution in [0, 0.1) is 12.9 Å². The Labute approximate surface area is 191 Å². The smallest absolute Gasteiger partial charge is 0.388 e. The lowest BCUT2D eigenvalue weighted by atomic mass is 9.80. The van der Waals surface area contributed by atoms with Crippen molar-refractivity contribution < 1.29 is 22.7 Å². The van der Waals surface area contributed by atoms with E-state index in [0.717, 1.165) is 5.56 Å². The maximum atomic E-state index is 14.0. The number of hydrogen-bond donors (Lipinski definition) is 1. The largest absolute Gasteiger partial charge is 0.417 e. The number of anilines is 1. The van der Waals surface area contributed by atoms with Crippen molar-refractivity contribution in [1.82, 2.24) is 29.4 Å². The summed E-state index contributed by atoms with van der Waals surface area (Å²) in [5, 5.41) is 11.0. The number of aromatic nitrogens is 6. The van der Waals surface area contributed by atoms with Gasteiger partial charge < -0.3 is 10.1 Å². The number of rotatable bonds is 5. The Bertz CT molecular complexity index is 1420. The molecule has 1 N–H and O–H groups in total. The minimum absolute atomic E-state index is 0.212. The van der Waals surface area contributed by atoms with Gasteiger partial charge in [0.15, 0.2) is 5.65 Å². The van der Waals surface area contributed by atoms with Crippen molar-refractivity contribution in [1.29, 1.82) is 0 Å². The normalized spacial score (nSPS) is 19.6. The predicted octanol–water partition coefficient (Wildman–Crippen LogP) is 3.34. The zero-order valence-electron chi connectivity index (χ0n) is 18.5. The molecule has 4 aromatic rings. The van der Waals surface area contributed by atoms with Crippen LogP contribution < -0.4 is 10.1 Å². The highest BCUT2D eigenvalue weighted by Crippen LogP contribution is 2.49. The highest BCUT2D eigenvalue weighted by molar-refractivity contribution is 5.97. The number of halogens is 3. The third-order valence-electron chi connectivity index (χ3n) is 6.15. The van der Waals surface area contributed by atoms with Crippen molar-refractivity contribution in [3.8, 4) is 5.88 Å². The molecule has 0 saturated heterocycles. The summed E-state index contributed by atoms with van der Waals surface area (Å²) in [6.45, 7) is 0.512. The summed E-state index contributed by atoms with van der Waals surface area (Å²) in [4.78, 5) is 21.5. The first kappa shape index (κ1) is 21.9. The Morgan fingerprint density at radius 1 is 1.26 bits per heavy atom. The van der Waals surface area contributed by atoms with Crippen LogP contribution in [0.1, 0.15) is 41.6 Å². The highest BCUT2D eigenvalue weighted by Gasteiger charge is 2.47. The second-order valence-electron chi connectivity index (χ2n) is 8.50. The average molecular weight is 471 g/mol. The molecule has 2 atom stereocenters. The minimum atomic E-state index is -3.00. The Hall–Kier alpha value is -3.96. The summed E-state index contributed by atoms with van der Waals surface area (Å²) >= 11 is 0. The van der Waals surface area contributed by atoms with Crippen LogP contribution in [0.2, 0.25) is 0 Å². The number of nitrogens with one attached hydrogen (secondary N) is 1. The third-order valence-corrected chi connectivity index (χ3v) is 6.15. The van der Waals surface area contributed by atoms with Crippen LogP contribution in [0.3, 0.4) is 0 Å². The van der Waals surface area contributed by atoms with Gasteiger partial charge >= 0.3 is 6.61 Å². The zero-order valence-corrected chi connectivity index (χ0v) is 18.5. The van der Waals surface area contributed by atoms with Gasteiger partial charge in [0.05, 0.1) is 29.7 Å². The Balaban J connectivity index is 1.53. The molecule has 0 spiro atoms. The summed E-state index contributed by atoms with van der Waals surface area (Å²) < 4.78 is 46.5. The van der Waals surface area contributed by atoms with E-state index in [1.807, 2.05) is 13.1 Å². The molecule has 0 fully saturated rings. The van der Waals surface area contributed by atoms with Crippen LogP contribution in [0.4, 0.5) is 18.9 Å². The van der Waals surface area contributed by atoms with Crippen LogP contribution in [0.15, 0.2) is 36.9 Å². The molecule has 34 heavy (non-hydrogen) atoms. The zero-order chi connectivity index (χ0) is 24.2. The summed E-state index contributed by atoms with van der Waals surface area (Å²) in [5.74, 6) is -1.86. The number of fused-ring (bicyclic) bond motifs is 3. The van der Waals surface area contributed by atoms with Crippen LogP contribution in [-0.2, 0) is 17.3 Å². The van der Waals surface area contributed by atoms with E-state index in [1.54, 1.807) is 31.0 Å². The van der Waals surface area contributed by atoms with E-state index in [-0.39, 0.29) is 11.8 Å². The van der Waals surface area contributed by atoms with E-state index in [2.05, 4.69) is 30.2 Å². The van der Waals surface area contributed by atoms with Crippen LogP contribution in [0.5, 0.6) is 5.88 Å². The fourth-order valence-corrected chi connectivity index (χ4v) is 4.60. The molecule has 2 unspecified atom stereocenters. The molecule has 0 bridgehead atoms. The first-order chi connectivity index (χ1) is 16.2. The fourth-order valence-electron chi connectivity index (χ4n) is 4.60. The number of hydrogen-bond acceptors (Lipinski definition) is 6. The first-order valence-electron chi connectivity index (χ1n) is 10.4. The maximum absolute atomic E-state index is 14.0. The number of alkyl halides is 2. The quantitative estimate of drug-likeness (QED) is 0.479. The lowest BCUT2D eigenvalue weighted by Gasteiger charge is -2.24. The third kappa shape index (κ3) is 3.55. The molecule has 176 valence electrons. The second kappa shape index (κ2) is 7.82. The molecule has 0 aliphatic heterocycles. The molecule has 0 saturated carbocycles. The number of aryl methyl sites for hydroxylation is 2. The van der Waals surface area contributed by atoms with Crippen molar-refractivity contribution in [2.75, 3.05) is 5.32 Å². The lowest BCUT2D eigenvalue weighted by Crippen LogP contribution is -2.25. The molecule has 9 nitrogen and oxygen atoms in total. The van der Waals surface area contributed by atoms with Crippen molar-refractivity contribution in [3.63, 3.8) is 0 Å². The molecule has 4 aromatic heterocycles. The number of ether oxygens (including phenoxy) is 1. The number of carbonyl (C=O) groups excluding carboxylic acids is 1. The van der Waals surface area contributed by atoms with Crippen molar-refractivity contribution in [2.45, 2.75) is 38.2 Å².